The summed E-state index contributed by atoms with van der Waals surface area (Å²) >= 11 is 3.59. The molecule has 6 nitrogen and oxygen atoms in total. The van der Waals surface area contributed by atoms with Crippen LogP contribution in [0.3, 0.4) is 0 Å². The molecule has 2 atom stereocenters. The number of benzene rings is 2. The standard InChI is InChI=1S/C23H27N5OS2/c1-16(27(2)3)21-25-26-23(28(21)18-8-6-5-7-9-18)30-15-20-14-24-22(31-20)17-10-12-19(29-4)13-11-17/h5-13,16,20H,14-15H2,1-4H3. The first-order chi connectivity index (χ1) is 15.1. The van der Waals surface area contributed by atoms with Gasteiger partial charge in [-0.05, 0) is 57.4 Å². The van der Waals surface area contributed by atoms with Crippen LogP contribution in [0.15, 0.2) is 64.7 Å². The molecule has 4 rings (SSSR count). The normalized spacial score (nSPS) is 17.1. The van der Waals surface area contributed by atoms with Crippen LogP contribution in [0.25, 0.3) is 5.69 Å². The molecule has 0 aliphatic carbocycles. The van der Waals surface area contributed by atoms with Gasteiger partial charge >= 0.3 is 0 Å². The lowest BCUT2D eigenvalue weighted by Gasteiger charge is -2.20. The summed E-state index contributed by atoms with van der Waals surface area (Å²) in [4.78, 5) is 6.92. The summed E-state index contributed by atoms with van der Waals surface area (Å²) in [5, 5.41) is 11.5. The van der Waals surface area contributed by atoms with Gasteiger partial charge in [0.15, 0.2) is 11.0 Å². The number of aliphatic imine (C=N–C) groups is 1. The van der Waals surface area contributed by atoms with Crippen molar-refractivity contribution in [1.29, 1.82) is 0 Å². The minimum Gasteiger partial charge on any atom is -0.497 e. The van der Waals surface area contributed by atoms with Gasteiger partial charge in [0.1, 0.15) is 5.75 Å². The maximum Gasteiger partial charge on any atom is 0.195 e. The Kier molecular flexibility index (Phi) is 6.99. The molecule has 0 spiro atoms. The van der Waals surface area contributed by atoms with Crippen molar-refractivity contribution in [2.45, 2.75) is 23.4 Å². The number of para-hydroxylation sites is 1. The SMILES string of the molecule is COc1ccc(C2=NCC(CSc3nnc(C(C)N(C)C)n3-c3ccccc3)S2)cc1. The quantitative estimate of drug-likeness (QED) is 0.466. The fourth-order valence-corrected chi connectivity index (χ4v) is 5.49. The van der Waals surface area contributed by atoms with Gasteiger partial charge in [-0.1, -0.05) is 30.0 Å². The Labute approximate surface area is 192 Å². The van der Waals surface area contributed by atoms with E-state index in [0.717, 1.165) is 45.3 Å². The molecule has 0 fully saturated rings. The van der Waals surface area contributed by atoms with Gasteiger partial charge < -0.3 is 4.74 Å². The fourth-order valence-electron chi connectivity index (χ4n) is 3.26. The number of hydrogen-bond donors (Lipinski definition) is 0. The Balaban J connectivity index is 1.46. The van der Waals surface area contributed by atoms with E-state index < -0.39 is 0 Å². The van der Waals surface area contributed by atoms with Crippen LogP contribution in [0.2, 0.25) is 0 Å². The zero-order valence-electron chi connectivity index (χ0n) is 18.2. The zero-order valence-corrected chi connectivity index (χ0v) is 19.9. The molecule has 1 aromatic heterocycles. The highest BCUT2D eigenvalue weighted by molar-refractivity contribution is 8.16. The number of aromatic nitrogens is 3. The molecule has 0 N–H and O–H groups in total. The van der Waals surface area contributed by atoms with Gasteiger partial charge in [-0.25, -0.2) is 0 Å². The summed E-state index contributed by atoms with van der Waals surface area (Å²) in [6.07, 6.45) is 0. The maximum atomic E-state index is 5.25. The van der Waals surface area contributed by atoms with Crippen LogP contribution < -0.4 is 4.74 Å². The van der Waals surface area contributed by atoms with Gasteiger partial charge in [-0.2, -0.15) is 0 Å². The number of nitrogens with zero attached hydrogens (tertiary/aromatic N) is 5. The molecule has 2 unspecified atom stereocenters. The van der Waals surface area contributed by atoms with E-state index >= 15 is 0 Å². The lowest BCUT2D eigenvalue weighted by molar-refractivity contribution is 0.305. The van der Waals surface area contributed by atoms with Gasteiger partial charge in [0.05, 0.1) is 24.7 Å². The first kappa shape index (κ1) is 21.9. The van der Waals surface area contributed by atoms with Crippen LogP contribution in [0.4, 0.5) is 0 Å². The molecule has 0 saturated carbocycles. The lowest BCUT2D eigenvalue weighted by atomic mass is 10.2. The summed E-state index contributed by atoms with van der Waals surface area (Å²) in [7, 11) is 5.81. The average molecular weight is 454 g/mol. The summed E-state index contributed by atoms with van der Waals surface area (Å²) in [5.74, 6) is 2.74. The second-order valence-electron chi connectivity index (χ2n) is 7.58. The average Bonchev–Trinajstić information content (AvgIpc) is 3.45. The van der Waals surface area contributed by atoms with Gasteiger partial charge in [-0.3, -0.25) is 14.5 Å². The van der Waals surface area contributed by atoms with Crippen molar-refractivity contribution in [2.75, 3.05) is 33.5 Å². The Morgan fingerprint density at radius 2 is 1.87 bits per heavy atom. The Morgan fingerprint density at radius 1 is 1.13 bits per heavy atom. The van der Waals surface area contributed by atoms with Crippen LogP contribution in [-0.4, -0.2) is 63.5 Å². The van der Waals surface area contributed by atoms with Crippen molar-refractivity contribution in [2.24, 2.45) is 4.99 Å². The van der Waals surface area contributed by atoms with Crippen LogP contribution >= 0.6 is 23.5 Å². The molecule has 1 aliphatic rings. The number of thioether (sulfide) groups is 2. The molecular weight excluding hydrogens is 426 g/mol. The van der Waals surface area contributed by atoms with Crippen LogP contribution in [0, 0.1) is 0 Å². The minimum atomic E-state index is 0.160. The molecule has 3 aromatic rings. The smallest absolute Gasteiger partial charge is 0.195 e. The first-order valence-electron chi connectivity index (χ1n) is 10.2. The van der Waals surface area contributed by atoms with Crippen molar-refractivity contribution < 1.29 is 4.74 Å². The molecule has 162 valence electrons. The third-order valence-corrected chi connectivity index (χ3v) is 7.81. The van der Waals surface area contributed by atoms with Crippen molar-refractivity contribution >= 4 is 28.6 Å². The molecule has 0 bridgehead atoms. The second-order valence-corrected chi connectivity index (χ2v) is 9.85. The highest BCUT2D eigenvalue weighted by atomic mass is 32.2. The third kappa shape index (κ3) is 4.97. The number of methoxy groups -OCH3 is 1. The third-order valence-electron chi connectivity index (χ3n) is 5.27. The zero-order chi connectivity index (χ0) is 21.8. The van der Waals surface area contributed by atoms with Crippen molar-refractivity contribution in [3.63, 3.8) is 0 Å². The first-order valence-corrected chi connectivity index (χ1v) is 12.1. The van der Waals surface area contributed by atoms with Gasteiger partial charge in [-0.15, -0.1) is 22.0 Å². The largest absolute Gasteiger partial charge is 0.497 e. The van der Waals surface area contributed by atoms with Gasteiger partial charge in [0.25, 0.3) is 0 Å². The minimum absolute atomic E-state index is 0.160. The Hall–Kier alpha value is -2.29. The van der Waals surface area contributed by atoms with E-state index in [2.05, 4.69) is 77.1 Å². The van der Waals surface area contributed by atoms with E-state index in [0.29, 0.717) is 5.25 Å². The molecule has 0 radical (unpaired) electrons. The molecule has 0 amide bonds. The number of ether oxygens (including phenoxy) is 1. The van der Waals surface area contributed by atoms with E-state index in [1.165, 1.54) is 0 Å². The molecule has 2 heterocycles. The monoisotopic (exact) mass is 453 g/mol. The summed E-state index contributed by atoms with van der Waals surface area (Å²) in [6, 6.07) is 18.6. The van der Waals surface area contributed by atoms with E-state index in [1.54, 1.807) is 18.9 Å². The molecule has 1 aliphatic heterocycles. The second kappa shape index (κ2) is 9.89. The highest BCUT2D eigenvalue weighted by Crippen LogP contribution is 2.32. The van der Waals surface area contributed by atoms with E-state index in [-0.39, 0.29) is 6.04 Å². The van der Waals surface area contributed by atoms with Crippen molar-refractivity contribution in [3.05, 3.63) is 66.0 Å². The van der Waals surface area contributed by atoms with Crippen molar-refractivity contribution in [3.8, 4) is 11.4 Å². The number of hydrogen-bond acceptors (Lipinski definition) is 7. The van der Waals surface area contributed by atoms with Crippen molar-refractivity contribution in [1.82, 2.24) is 19.7 Å². The fraction of sp³-hybridized carbons (Fsp3) is 0.348. The summed E-state index contributed by atoms with van der Waals surface area (Å²) < 4.78 is 7.43. The lowest BCUT2D eigenvalue weighted by Crippen LogP contribution is -2.20. The Morgan fingerprint density at radius 3 is 2.55 bits per heavy atom. The topological polar surface area (TPSA) is 55.5 Å². The molecule has 8 heteroatoms. The van der Waals surface area contributed by atoms with Crippen LogP contribution in [-0.2, 0) is 0 Å². The maximum absolute atomic E-state index is 5.25. The molecule has 31 heavy (non-hydrogen) atoms. The van der Waals surface area contributed by atoms with Gasteiger partial charge in [0, 0.05) is 22.3 Å². The summed E-state index contributed by atoms with van der Waals surface area (Å²) in [6.45, 7) is 2.97. The number of rotatable bonds is 8. The highest BCUT2D eigenvalue weighted by Gasteiger charge is 2.24. The van der Waals surface area contributed by atoms with E-state index in [9.17, 15) is 0 Å². The Bertz CT molecular complexity index is 1030. The van der Waals surface area contributed by atoms with E-state index in [1.807, 2.05) is 30.0 Å². The molecule has 2 aromatic carbocycles. The molecular formula is C23H27N5OS2. The van der Waals surface area contributed by atoms with E-state index in [4.69, 9.17) is 9.73 Å². The predicted octanol–water partition coefficient (Wildman–Crippen LogP) is 4.55. The summed E-state index contributed by atoms with van der Waals surface area (Å²) in [5.41, 5.74) is 2.24. The van der Waals surface area contributed by atoms with Crippen LogP contribution in [0.1, 0.15) is 24.4 Å². The predicted molar refractivity (Wildman–Crippen MR) is 130 cm³/mol. The van der Waals surface area contributed by atoms with Gasteiger partial charge in [0.2, 0.25) is 0 Å². The molecule has 0 saturated heterocycles. The van der Waals surface area contributed by atoms with Crippen LogP contribution in [0.5, 0.6) is 5.75 Å².